The van der Waals surface area contributed by atoms with E-state index in [1.165, 1.54) is 17.8 Å². The molecule has 1 amide bonds. The smallest absolute Gasteiger partial charge is 0.230 e. The molecule has 0 atom stereocenters. The highest BCUT2D eigenvalue weighted by atomic mass is 32.2. The first kappa shape index (κ1) is 22.8. The summed E-state index contributed by atoms with van der Waals surface area (Å²) in [7, 11) is 0. The standard InChI is InChI=1S/C23H27FN4O2S/c1-17(2)12-13-28-21(15-30-19-9-4-3-5-10-19)26-27-23(28)31-16-22(29)25-14-18-8-6-7-11-20(18)24/h3-11,17H,12-16H2,1-2H3,(H,25,29). The van der Waals surface area contributed by atoms with Crippen LogP contribution in [0.15, 0.2) is 59.8 Å². The van der Waals surface area contributed by atoms with E-state index in [4.69, 9.17) is 4.74 Å². The molecule has 0 unspecified atom stereocenters. The third-order valence-electron chi connectivity index (χ3n) is 4.60. The molecule has 2 aromatic carbocycles. The van der Waals surface area contributed by atoms with Gasteiger partial charge in [-0.05, 0) is 30.5 Å². The number of nitrogens with zero attached hydrogens (tertiary/aromatic N) is 3. The number of hydrogen-bond acceptors (Lipinski definition) is 5. The zero-order chi connectivity index (χ0) is 22.1. The van der Waals surface area contributed by atoms with Crippen LogP contribution in [0.4, 0.5) is 4.39 Å². The minimum Gasteiger partial charge on any atom is -0.486 e. The summed E-state index contributed by atoms with van der Waals surface area (Å²) in [6, 6.07) is 16.0. The molecule has 0 aliphatic carbocycles. The first-order chi connectivity index (χ1) is 15.0. The van der Waals surface area contributed by atoms with Crippen LogP contribution in [-0.2, 0) is 24.5 Å². The fourth-order valence-corrected chi connectivity index (χ4v) is 3.64. The molecule has 0 saturated heterocycles. The first-order valence-electron chi connectivity index (χ1n) is 10.3. The highest BCUT2D eigenvalue weighted by Gasteiger charge is 2.15. The normalized spacial score (nSPS) is 11.0. The molecule has 31 heavy (non-hydrogen) atoms. The van der Waals surface area contributed by atoms with E-state index in [1.807, 2.05) is 34.9 Å². The molecule has 0 saturated carbocycles. The van der Waals surface area contributed by atoms with Crippen molar-refractivity contribution in [1.82, 2.24) is 20.1 Å². The number of amides is 1. The number of thioether (sulfide) groups is 1. The summed E-state index contributed by atoms with van der Waals surface area (Å²) < 4.78 is 21.5. The second kappa shape index (κ2) is 11.5. The summed E-state index contributed by atoms with van der Waals surface area (Å²) in [5.41, 5.74) is 0.460. The maximum Gasteiger partial charge on any atom is 0.230 e. The molecule has 1 N–H and O–H groups in total. The molecule has 0 bridgehead atoms. The van der Waals surface area contributed by atoms with Crippen molar-refractivity contribution in [3.05, 3.63) is 71.8 Å². The highest BCUT2D eigenvalue weighted by molar-refractivity contribution is 7.99. The summed E-state index contributed by atoms with van der Waals surface area (Å²) in [6.07, 6.45) is 0.962. The van der Waals surface area contributed by atoms with Gasteiger partial charge in [-0.1, -0.05) is 62.0 Å². The van der Waals surface area contributed by atoms with Crippen molar-refractivity contribution in [3.63, 3.8) is 0 Å². The van der Waals surface area contributed by atoms with E-state index >= 15 is 0 Å². The zero-order valence-corrected chi connectivity index (χ0v) is 18.6. The van der Waals surface area contributed by atoms with Gasteiger partial charge in [0.2, 0.25) is 5.91 Å². The van der Waals surface area contributed by atoms with Gasteiger partial charge in [-0.2, -0.15) is 0 Å². The zero-order valence-electron chi connectivity index (χ0n) is 17.8. The monoisotopic (exact) mass is 442 g/mol. The SMILES string of the molecule is CC(C)CCn1c(COc2ccccc2)nnc1SCC(=O)NCc1ccccc1F. The Morgan fingerprint density at radius 1 is 1.13 bits per heavy atom. The molecule has 0 radical (unpaired) electrons. The van der Waals surface area contributed by atoms with Gasteiger partial charge in [-0.25, -0.2) is 4.39 Å². The third kappa shape index (κ3) is 7.10. The van der Waals surface area contributed by atoms with E-state index in [0.29, 0.717) is 23.2 Å². The van der Waals surface area contributed by atoms with Crippen molar-refractivity contribution >= 4 is 17.7 Å². The molecular formula is C23H27FN4O2S. The third-order valence-corrected chi connectivity index (χ3v) is 5.57. The Morgan fingerprint density at radius 3 is 2.61 bits per heavy atom. The number of ether oxygens (including phenoxy) is 1. The molecule has 3 rings (SSSR count). The fraction of sp³-hybridized carbons (Fsp3) is 0.348. The summed E-state index contributed by atoms with van der Waals surface area (Å²) in [5.74, 6) is 1.67. The Labute approximate surface area is 186 Å². The number of hydrogen-bond donors (Lipinski definition) is 1. The number of benzene rings is 2. The highest BCUT2D eigenvalue weighted by Crippen LogP contribution is 2.20. The number of aromatic nitrogens is 3. The number of para-hydroxylation sites is 1. The van der Waals surface area contributed by atoms with Gasteiger partial charge in [0, 0.05) is 18.7 Å². The Bertz CT molecular complexity index is 979. The Balaban J connectivity index is 1.59. The predicted octanol–water partition coefficient (Wildman–Crippen LogP) is 4.45. The predicted molar refractivity (Wildman–Crippen MR) is 119 cm³/mol. The average Bonchev–Trinajstić information content (AvgIpc) is 3.16. The van der Waals surface area contributed by atoms with Gasteiger partial charge in [0.1, 0.15) is 18.2 Å². The molecule has 0 spiro atoms. The van der Waals surface area contributed by atoms with Crippen LogP contribution in [-0.4, -0.2) is 26.4 Å². The Morgan fingerprint density at radius 2 is 1.87 bits per heavy atom. The van der Waals surface area contributed by atoms with Crippen LogP contribution in [0.2, 0.25) is 0 Å². The molecule has 0 aliphatic heterocycles. The number of carbonyl (C=O) groups is 1. The molecule has 8 heteroatoms. The number of halogens is 1. The van der Waals surface area contributed by atoms with Gasteiger partial charge >= 0.3 is 0 Å². The van der Waals surface area contributed by atoms with Crippen molar-refractivity contribution in [3.8, 4) is 5.75 Å². The minimum absolute atomic E-state index is 0.155. The van der Waals surface area contributed by atoms with Crippen molar-refractivity contribution in [2.45, 2.75) is 45.1 Å². The van der Waals surface area contributed by atoms with Crippen LogP contribution in [0.1, 0.15) is 31.7 Å². The largest absolute Gasteiger partial charge is 0.486 e. The number of carbonyl (C=O) groups excluding carboxylic acids is 1. The topological polar surface area (TPSA) is 69.0 Å². The van der Waals surface area contributed by atoms with E-state index in [0.717, 1.165) is 24.5 Å². The van der Waals surface area contributed by atoms with E-state index in [1.54, 1.807) is 18.2 Å². The Hall–Kier alpha value is -2.87. The molecule has 0 fully saturated rings. The van der Waals surface area contributed by atoms with E-state index < -0.39 is 0 Å². The maximum absolute atomic E-state index is 13.7. The van der Waals surface area contributed by atoms with Gasteiger partial charge in [0.05, 0.1) is 5.75 Å². The first-order valence-corrected chi connectivity index (χ1v) is 11.2. The fourth-order valence-electron chi connectivity index (χ4n) is 2.83. The number of nitrogens with one attached hydrogen (secondary N) is 1. The second-order valence-corrected chi connectivity index (χ2v) is 8.43. The van der Waals surface area contributed by atoms with Crippen LogP contribution in [0.3, 0.4) is 0 Å². The van der Waals surface area contributed by atoms with E-state index in [-0.39, 0.29) is 24.0 Å². The van der Waals surface area contributed by atoms with Crippen LogP contribution >= 0.6 is 11.8 Å². The van der Waals surface area contributed by atoms with Gasteiger partial charge in [0.25, 0.3) is 0 Å². The summed E-state index contributed by atoms with van der Waals surface area (Å²) in [5, 5.41) is 12.0. The van der Waals surface area contributed by atoms with Crippen molar-refractivity contribution in [1.29, 1.82) is 0 Å². The second-order valence-electron chi connectivity index (χ2n) is 7.49. The summed E-state index contributed by atoms with van der Waals surface area (Å²) in [4.78, 5) is 12.3. The minimum atomic E-state index is -0.327. The lowest BCUT2D eigenvalue weighted by atomic mass is 10.1. The van der Waals surface area contributed by atoms with Gasteiger partial charge in [-0.3, -0.25) is 4.79 Å². The van der Waals surface area contributed by atoms with Crippen LogP contribution in [0.25, 0.3) is 0 Å². The lowest BCUT2D eigenvalue weighted by molar-refractivity contribution is -0.118. The summed E-state index contributed by atoms with van der Waals surface area (Å²) in [6.45, 7) is 5.52. The lowest BCUT2D eigenvalue weighted by Gasteiger charge is -2.12. The van der Waals surface area contributed by atoms with Gasteiger partial charge in [-0.15, -0.1) is 10.2 Å². The van der Waals surface area contributed by atoms with Crippen molar-refractivity contribution in [2.75, 3.05) is 5.75 Å². The molecule has 3 aromatic rings. The van der Waals surface area contributed by atoms with E-state index in [2.05, 4.69) is 29.4 Å². The van der Waals surface area contributed by atoms with E-state index in [9.17, 15) is 9.18 Å². The molecule has 6 nitrogen and oxygen atoms in total. The van der Waals surface area contributed by atoms with Crippen LogP contribution in [0, 0.1) is 11.7 Å². The molecule has 0 aliphatic rings. The summed E-state index contributed by atoms with van der Waals surface area (Å²) >= 11 is 1.32. The number of rotatable bonds is 11. The maximum atomic E-state index is 13.7. The van der Waals surface area contributed by atoms with Gasteiger partial charge < -0.3 is 14.6 Å². The molecule has 1 aromatic heterocycles. The van der Waals surface area contributed by atoms with Crippen molar-refractivity contribution < 1.29 is 13.9 Å². The molecule has 1 heterocycles. The van der Waals surface area contributed by atoms with Crippen LogP contribution in [0.5, 0.6) is 5.75 Å². The average molecular weight is 443 g/mol. The molecular weight excluding hydrogens is 415 g/mol. The lowest BCUT2D eigenvalue weighted by Crippen LogP contribution is -2.25. The van der Waals surface area contributed by atoms with Gasteiger partial charge in [0.15, 0.2) is 11.0 Å². The molecule has 164 valence electrons. The quantitative estimate of drug-likeness (QED) is 0.444. The van der Waals surface area contributed by atoms with Crippen LogP contribution < -0.4 is 10.1 Å². The Kier molecular flexibility index (Phi) is 8.46. The van der Waals surface area contributed by atoms with Crippen molar-refractivity contribution in [2.24, 2.45) is 5.92 Å².